The van der Waals surface area contributed by atoms with Crippen LogP contribution in [0.15, 0.2) is 78.2 Å². The van der Waals surface area contributed by atoms with E-state index in [0.29, 0.717) is 22.7 Å². The number of methoxy groups -OCH3 is 1. The molecule has 0 aliphatic heterocycles. The van der Waals surface area contributed by atoms with Gasteiger partial charge in [-0.15, -0.1) is 11.3 Å². The average molecular weight is 472 g/mol. The predicted octanol–water partition coefficient (Wildman–Crippen LogP) is 5.81. The van der Waals surface area contributed by atoms with Crippen molar-refractivity contribution in [1.82, 2.24) is 4.98 Å². The highest BCUT2D eigenvalue weighted by molar-refractivity contribution is 7.13. The molecule has 34 heavy (non-hydrogen) atoms. The van der Waals surface area contributed by atoms with Crippen LogP contribution in [0.1, 0.15) is 28.5 Å². The molecule has 0 saturated carbocycles. The van der Waals surface area contributed by atoms with Gasteiger partial charge in [0.2, 0.25) is 5.91 Å². The SMILES string of the molecule is CCc1ccc(-c2nc(CC(=O)Nc3ccc(C(=O)Nc4ccccc4OC)cc3)cs2)cc1. The predicted molar refractivity (Wildman–Crippen MR) is 137 cm³/mol. The van der Waals surface area contributed by atoms with E-state index in [9.17, 15) is 9.59 Å². The number of ether oxygens (including phenoxy) is 1. The van der Waals surface area contributed by atoms with Gasteiger partial charge in [0.05, 0.1) is 24.9 Å². The highest BCUT2D eigenvalue weighted by atomic mass is 32.1. The summed E-state index contributed by atoms with van der Waals surface area (Å²) in [6.07, 6.45) is 1.18. The van der Waals surface area contributed by atoms with Crippen molar-refractivity contribution in [1.29, 1.82) is 0 Å². The van der Waals surface area contributed by atoms with Gasteiger partial charge in [-0.05, 0) is 48.4 Å². The fourth-order valence-corrected chi connectivity index (χ4v) is 4.25. The van der Waals surface area contributed by atoms with Crippen LogP contribution in [0.3, 0.4) is 0 Å². The summed E-state index contributed by atoms with van der Waals surface area (Å²) in [5.74, 6) is 0.164. The molecule has 4 aromatic rings. The van der Waals surface area contributed by atoms with Gasteiger partial charge in [-0.1, -0.05) is 43.3 Å². The third-order valence-electron chi connectivity index (χ3n) is 5.29. The van der Waals surface area contributed by atoms with Crippen molar-refractivity contribution in [3.8, 4) is 16.3 Å². The standard InChI is InChI=1S/C27H25N3O3S/c1-3-18-8-10-20(11-9-18)27-29-22(17-34-27)16-25(31)28-21-14-12-19(13-15-21)26(32)30-23-6-4-5-7-24(23)33-2/h4-15,17H,3,16H2,1-2H3,(H,28,31)(H,30,32). The highest BCUT2D eigenvalue weighted by Crippen LogP contribution is 2.25. The lowest BCUT2D eigenvalue weighted by atomic mass is 10.1. The van der Waals surface area contributed by atoms with E-state index in [1.54, 1.807) is 43.5 Å². The largest absolute Gasteiger partial charge is 0.495 e. The van der Waals surface area contributed by atoms with Crippen LogP contribution in [-0.2, 0) is 17.6 Å². The Kier molecular flexibility index (Phi) is 7.34. The molecular formula is C27H25N3O3S. The van der Waals surface area contributed by atoms with Crippen LogP contribution in [0.2, 0.25) is 0 Å². The Morgan fingerprint density at radius 2 is 1.68 bits per heavy atom. The van der Waals surface area contributed by atoms with Gasteiger partial charge in [-0.25, -0.2) is 4.98 Å². The summed E-state index contributed by atoms with van der Waals surface area (Å²) in [5, 5.41) is 8.51. The number of hydrogen-bond acceptors (Lipinski definition) is 5. The number of nitrogens with zero attached hydrogens (tertiary/aromatic N) is 1. The van der Waals surface area contributed by atoms with E-state index in [1.165, 1.54) is 16.9 Å². The van der Waals surface area contributed by atoms with E-state index >= 15 is 0 Å². The Labute approximate surface area is 202 Å². The number of rotatable bonds is 8. The Morgan fingerprint density at radius 1 is 0.941 bits per heavy atom. The fourth-order valence-electron chi connectivity index (χ4n) is 3.42. The summed E-state index contributed by atoms with van der Waals surface area (Å²) in [7, 11) is 1.55. The van der Waals surface area contributed by atoms with Gasteiger partial charge in [0.15, 0.2) is 0 Å². The Hall–Kier alpha value is -3.97. The van der Waals surface area contributed by atoms with Crippen molar-refractivity contribution in [3.63, 3.8) is 0 Å². The van der Waals surface area contributed by atoms with Crippen molar-refractivity contribution in [2.24, 2.45) is 0 Å². The number of para-hydroxylation sites is 2. The van der Waals surface area contributed by atoms with E-state index < -0.39 is 0 Å². The third kappa shape index (κ3) is 5.68. The van der Waals surface area contributed by atoms with Crippen LogP contribution < -0.4 is 15.4 Å². The molecule has 172 valence electrons. The lowest BCUT2D eigenvalue weighted by Gasteiger charge is -2.10. The molecule has 0 atom stereocenters. The lowest BCUT2D eigenvalue weighted by molar-refractivity contribution is -0.115. The van der Waals surface area contributed by atoms with Gasteiger partial charge in [0.25, 0.3) is 5.91 Å². The monoisotopic (exact) mass is 471 g/mol. The van der Waals surface area contributed by atoms with Gasteiger partial charge >= 0.3 is 0 Å². The summed E-state index contributed by atoms with van der Waals surface area (Å²) in [5.41, 5.74) is 4.74. The number of thiazole rings is 1. The van der Waals surface area contributed by atoms with Gasteiger partial charge in [-0.3, -0.25) is 9.59 Å². The second-order valence-corrected chi connectivity index (χ2v) is 8.51. The van der Waals surface area contributed by atoms with Crippen LogP contribution in [0.25, 0.3) is 10.6 Å². The summed E-state index contributed by atoms with van der Waals surface area (Å²) in [4.78, 5) is 29.7. The number of amides is 2. The van der Waals surface area contributed by atoms with E-state index in [4.69, 9.17) is 4.74 Å². The van der Waals surface area contributed by atoms with Gasteiger partial charge < -0.3 is 15.4 Å². The van der Waals surface area contributed by atoms with E-state index in [2.05, 4.69) is 46.8 Å². The summed E-state index contributed by atoms with van der Waals surface area (Å²) >= 11 is 1.53. The molecule has 0 radical (unpaired) electrons. The summed E-state index contributed by atoms with van der Waals surface area (Å²) in [6, 6.07) is 22.3. The molecule has 2 N–H and O–H groups in total. The third-order valence-corrected chi connectivity index (χ3v) is 6.23. The number of benzene rings is 3. The van der Waals surface area contributed by atoms with E-state index in [-0.39, 0.29) is 18.2 Å². The highest BCUT2D eigenvalue weighted by Gasteiger charge is 2.12. The molecule has 1 aromatic heterocycles. The molecule has 0 fully saturated rings. The molecule has 2 amide bonds. The molecule has 0 bridgehead atoms. The molecule has 0 unspecified atom stereocenters. The van der Waals surface area contributed by atoms with Crippen LogP contribution >= 0.6 is 11.3 Å². The van der Waals surface area contributed by atoms with Gasteiger partial charge in [0, 0.05) is 22.2 Å². The zero-order valence-electron chi connectivity index (χ0n) is 19.0. The quantitative estimate of drug-likeness (QED) is 0.340. The molecule has 0 aliphatic rings. The number of carbonyl (C=O) groups is 2. The van der Waals surface area contributed by atoms with E-state index in [1.807, 2.05) is 17.5 Å². The van der Waals surface area contributed by atoms with Crippen molar-refractivity contribution in [2.75, 3.05) is 17.7 Å². The van der Waals surface area contributed by atoms with Crippen LogP contribution in [-0.4, -0.2) is 23.9 Å². The number of carbonyl (C=O) groups excluding carboxylic acids is 2. The van der Waals surface area contributed by atoms with Crippen LogP contribution in [0.4, 0.5) is 11.4 Å². The maximum atomic E-state index is 12.6. The minimum absolute atomic E-state index is 0.163. The molecule has 6 nitrogen and oxygen atoms in total. The Bertz CT molecular complexity index is 1280. The molecule has 4 rings (SSSR count). The zero-order chi connectivity index (χ0) is 23.9. The maximum Gasteiger partial charge on any atom is 0.255 e. The number of anilines is 2. The zero-order valence-corrected chi connectivity index (χ0v) is 19.8. The fraction of sp³-hybridized carbons (Fsp3) is 0.148. The molecule has 7 heteroatoms. The average Bonchev–Trinajstić information content (AvgIpc) is 3.33. The smallest absolute Gasteiger partial charge is 0.255 e. The van der Waals surface area contributed by atoms with Crippen LogP contribution in [0, 0.1) is 0 Å². The normalized spacial score (nSPS) is 10.5. The first-order valence-corrected chi connectivity index (χ1v) is 11.8. The first-order chi connectivity index (χ1) is 16.6. The van der Waals surface area contributed by atoms with Crippen molar-refractivity contribution in [3.05, 3.63) is 95.0 Å². The van der Waals surface area contributed by atoms with Crippen LogP contribution in [0.5, 0.6) is 5.75 Å². The van der Waals surface area contributed by atoms with E-state index in [0.717, 1.165) is 22.7 Å². The van der Waals surface area contributed by atoms with Crippen molar-refractivity contribution < 1.29 is 14.3 Å². The Balaban J connectivity index is 1.34. The number of aryl methyl sites for hydroxylation is 1. The number of aromatic nitrogens is 1. The number of nitrogens with one attached hydrogen (secondary N) is 2. The lowest BCUT2D eigenvalue weighted by Crippen LogP contribution is -2.15. The summed E-state index contributed by atoms with van der Waals surface area (Å²) < 4.78 is 5.26. The summed E-state index contributed by atoms with van der Waals surface area (Å²) in [6.45, 7) is 2.12. The Morgan fingerprint density at radius 3 is 2.38 bits per heavy atom. The number of hydrogen-bond donors (Lipinski definition) is 2. The van der Waals surface area contributed by atoms with Gasteiger partial charge in [0.1, 0.15) is 10.8 Å². The topological polar surface area (TPSA) is 80.3 Å². The van der Waals surface area contributed by atoms with Crippen molar-refractivity contribution in [2.45, 2.75) is 19.8 Å². The molecule has 0 spiro atoms. The second-order valence-electron chi connectivity index (χ2n) is 7.65. The van der Waals surface area contributed by atoms with Crippen molar-refractivity contribution >= 4 is 34.5 Å². The van der Waals surface area contributed by atoms with Gasteiger partial charge in [-0.2, -0.15) is 0 Å². The minimum Gasteiger partial charge on any atom is -0.495 e. The first kappa shape index (κ1) is 23.2. The molecule has 1 heterocycles. The molecule has 0 saturated heterocycles. The first-order valence-electron chi connectivity index (χ1n) is 10.9. The minimum atomic E-state index is -0.260. The maximum absolute atomic E-state index is 12.6. The second kappa shape index (κ2) is 10.8. The molecule has 3 aromatic carbocycles. The molecule has 0 aliphatic carbocycles. The molecular weight excluding hydrogens is 446 g/mol.